The number of hydrogen-bond donors (Lipinski definition) is 0. The fourth-order valence-corrected chi connectivity index (χ4v) is 3.61. The van der Waals surface area contributed by atoms with Crippen molar-refractivity contribution in [3.63, 3.8) is 0 Å². The van der Waals surface area contributed by atoms with Crippen LogP contribution in [0.25, 0.3) is 0 Å². The lowest BCUT2D eigenvalue weighted by Gasteiger charge is -2.42. The number of nitro groups is 1. The van der Waals surface area contributed by atoms with Crippen molar-refractivity contribution < 1.29 is 4.92 Å². The number of piperidine rings is 1. The summed E-state index contributed by atoms with van der Waals surface area (Å²) in [5.74, 6) is 0.896. The third kappa shape index (κ3) is 3.61. The highest BCUT2D eigenvalue weighted by Gasteiger charge is 2.27. The first-order valence-corrected chi connectivity index (χ1v) is 8.33. The number of pyridine rings is 1. The molecule has 7 nitrogen and oxygen atoms in total. The summed E-state index contributed by atoms with van der Waals surface area (Å²) in [5.41, 5.74) is 0.954. The molecule has 126 valence electrons. The van der Waals surface area contributed by atoms with Crippen LogP contribution in [0.2, 0.25) is 0 Å². The molecule has 0 N–H and O–H groups in total. The molecule has 0 bridgehead atoms. The van der Waals surface area contributed by atoms with Crippen LogP contribution in [0.4, 0.5) is 11.5 Å². The van der Waals surface area contributed by atoms with E-state index in [0.717, 1.165) is 63.5 Å². The number of aryl methyl sites for hydroxylation is 1. The van der Waals surface area contributed by atoms with E-state index in [4.69, 9.17) is 0 Å². The third-order valence-corrected chi connectivity index (χ3v) is 5.07. The van der Waals surface area contributed by atoms with Crippen molar-refractivity contribution >= 4 is 11.5 Å². The van der Waals surface area contributed by atoms with E-state index in [0.29, 0.717) is 6.04 Å². The Hall–Kier alpha value is -1.73. The normalized spacial score (nSPS) is 21.6. The van der Waals surface area contributed by atoms with Gasteiger partial charge in [0.05, 0.1) is 4.92 Å². The van der Waals surface area contributed by atoms with E-state index in [1.165, 1.54) is 6.20 Å². The second kappa shape index (κ2) is 6.80. The average molecular weight is 319 g/mol. The van der Waals surface area contributed by atoms with Gasteiger partial charge in [0.25, 0.3) is 5.69 Å². The Labute approximate surface area is 137 Å². The highest BCUT2D eigenvalue weighted by molar-refractivity contribution is 5.50. The van der Waals surface area contributed by atoms with Crippen molar-refractivity contribution in [3.05, 3.63) is 27.9 Å². The first-order valence-electron chi connectivity index (χ1n) is 8.33. The van der Waals surface area contributed by atoms with E-state index in [2.05, 4.69) is 26.7 Å². The summed E-state index contributed by atoms with van der Waals surface area (Å²) in [5, 5.41) is 10.8. The second-order valence-corrected chi connectivity index (χ2v) is 6.65. The van der Waals surface area contributed by atoms with Crippen LogP contribution in [0, 0.1) is 17.0 Å². The first kappa shape index (κ1) is 16.1. The van der Waals surface area contributed by atoms with Crippen molar-refractivity contribution in [1.82, 2.24) is 14.8 Å². The first-order chi connectivity index (χ1) is 11.0. The third-order valence-electron chi connectivity index (χ3n) is 5.07. The number of aromatic nitrogens is 1. The molecule has 0 aromatic carbocycles. The maximum atomic E-state index is 10.8. The monoisotopic (exact) mass is 319 g/mol. The molecule has 23 heavy (non-hydrogen) atoms. The van der Waals surface area contributed by atoms with Crippen LogP contribution in [0.5, 0.6) is 0 Å². The van der Waals surface area contributed by atoms with Crippen LogP contribution in [0.15, 0.2) is 12.3 Å². The van der Waals surface area contributed by atoms with Gasteiger partial charge in [0.2, 0.25) is 0 Å². The van der Waals surface area contributed by atoms with Crippen molar-refractivity contribution in [1.29, 1.82) is 0 Å². The van der Waals surface area contributed by atoms with Crippen molar-refractivity contribution in [2.24, 2.45) is 0 Å². The highest BCUT2D eigenvalue weighted by atomic mass is 16.6. The maximum Gasteiger partial charge on any atom is 0.287 e. The van der Waals surface area contributed by atoms with E-state index in [-0.39, 0.29) is 10.6 Å². The van der Waals surface area contributed by atoms with Crippen LogP contribution in [0.1, 0.15) is 18.4 Å². The van der Waals surface area contributed by atoms with Crippen LogP contribution in [-0.2, 0) is 0 Å². The van der Waals surface area contributed by atoms with Gasteiger partial charge in [-0.1, -0.05) is 0 Å². The fraction of sp³-hybridized carbons (Fsp3) is 0.688. The van der Waals surface area contributed by atoms with Gasteiger partial charge in [0.15, 0.2) is 0 Å². The van der Waals surface area contributed by atoms with Gasteiger partial charge < -0.3 is 9.80 Å². The molecule has 0 amide bonds. The number of rotatable bonds is 3. The van der Waals surface area contributed by atoms with Crippen LogP contribution >= 0.6 is 0 Å². The van der Waals surface area contributed by atoms with Gasteiger partial charge in [-0.2, -0.15) is 0 Å². The van der Waals surface area contributed by atoms with Gasteiger partial charge in [0, 0.05) is 51.4 Å². The van der Waals surface area contributed by atoms with E-state index in [1.807, 2.05) is 6.92 Å². The Morgan fingerprint density at radius 1 is 1.17 bits per heavy atom. The zero-order valence-electron chi connectivity index (χ0n) is 13.9. The summed E-state index contributed by atoms with van der Waals surface area (Å²) in [6, 6.07) is 2.29. The number of piperazine rings is 1. The highest BCUT2D eigenvalue weighted by Crippen LogP contribution is 2.26. The largest absolute Gasteiger partial charge is 0.356 e. The molecule has 0 spiro atoms. The van der Waals surface area contributed by atoms with E-state index in [1.54, 1.807) is 6.07 Å². The van der Waals surface area contributed by atoms with Gasteiger partial charge in [0.1, 0.15) is 12.0 Å². The van der Waals surface area contributed by atoms with Crippen LogP contribution in [0.3, 0.4) is 0 Å². The standard InChI is InChI=1S/C16H25N5O2/c1-13-11-15(21(22)23)12-17-16(13)20-5-3-14(4-6-20)19-9-7-18(2)8-10-19/h11-12,14H,3-10H2,1-2H3. The van der Waals surface area contributed by atoms with Gasteiger partial charge in [-0.15, -0.1) is 0 Å². The van der Waals surface area contributed by atoms with Crippen molar-refractivity contribution in [2.75, 3.05) is 51.2 Å². The molecular weight excluding hydrogens is 294 g/mol. The molecule has 0 saturated carbocycles. The van der Waals surface area contributed by atoms with Crippen LogP contribution < -0.4 is 4.90 Å². The summed E-state index contributed by atoms with van der Waals surface area (Å²) >= 11 is 0. The molecule has 0 atom stereocenters. The molecule has 7 heteroatoms. The fourth-order valence-electron chi connectivity index (χ4n) is 3.61. The molecule has 2 aliphatic rings. The minimum absolute atomic E-state index is 0.0681. The predicted molar refractivity (Wildman–Crippen MR) is 89.9 cm³/mol. The lowest BCUT2D eigenvalue weighted by molar-refractivity contribution is -0.385. The lowest BCUT2D eigenvalue weighted by Crippen LogP contribution is -2.52. The zero-order valence-corrected chi connectivity index (χ0v) is 13.9. The average Bonchev–Trinajstić information content (AvgIpc) is 2.56. The van der Waals surface area contributed by atoms with E-state index in [9.17, 15) is 10.1 Å². The lowest BCUT2D eigenvalue weighted by atomic mass is 10.0. The molecule has 1 aromatic heterocycles. The smallest absolute Gasteiger partial charge is 0.287 e. The Morgan fingerprint density at radius 2 is 1.83 bits per heavy atom. The molecule has 2 aliphatic heterocycles. The van der Waals surface area contributed by atoms with Crippen molar-refractivity contribution in [3.8, 4) is 0 Å². The quantitative estimate of drug-likeness (QED) is 0.621. The minimum atomic E-state index is -0.386. The second-order valence-electron chi connectivity index (χ2n) is 6.65. The summed E-state index contributed by atoms with van der Waals surface area (Å²) in [7, 11) is 2.18. The van der Waals surface area contributed by atoms with Gasteiger partial charge in [-0.05, 0) is 32.4 Å². The predicted octanol–water partition coefficient (Wildman–Crippen LogP) is 1.51. The van der Waals surface area contributed by atoms with E-state index >= 15 is 0 Å². The number of anilines is 1. The number of likely N-dealkylation sites (N-methyl/N-ethyl adjacent to an activating group) is 1. The molecule has 3 heterocycles. The van der Waals surface area contributed by atoms with Crippen molar-refractivity contribution in [2.45, 2.75) is 25.8 Å². The molecule has 1 aromatic rings. The summed E-state index contributed by atoms with van der Waals surface area (Å²) in [4.78, 5) is 22.0. The Balaban J connectivity index is 1.59. The summed E-state index contributed by atoms with van der Waals surface area (Å²) < 4.78 is 0. The molecule has 3 rings (SSSR count). The van der Waals surface area contributed by atoms with Gasteiger partial charge in [-0.25, -0.2) is 4.98 Å². The number of nitrogens with zero attached hydrogens (tertiary/aromatic N) is 5. The van der Waals surface area contributed by atoms with E-state index < -0.39 is 0 Å². The zero-order chi connectivity index (χ0) is 16.4. The SMILES string of the molecule is Cc1cc([N+](=O)[O-])cnc1N1CCC(N2CCN(C)CC2)CC1. The molecule has 0 radical (unpaired) electrons. The topological polar surface area (TPSA) is 65.8 Å². The molecule has 2 saturated heterocycles. The molecule has 0 unspecified atom stereocenters. The Morgan fingerprint density at radius 3 is 2.39 bits per heavy atom. The Kier molecular flexibility index (Phi) is 4.77. The molecule has 2 fully saturated rings. The van der Waals surface area contributed by atoms with Crippen LogP contribution in [-0.4, -0.2) is 72.1 Å². The van der Waals surface area contributed by atoms with Gasteiger partial charge in [-0.3, -0.25) is 15.0 Å². The summed E-state index contributed by atoms with van der Waals surface area (Å²) in [6.45, 7) is 8.49. The summed E-state index contributed by atoms with van der Waals surface area (Å²) in [6.07, 6.45) is 3.65. The Bertz CT molecular complexity index is 564. The van der Waals surface area contributed by atoms with Gasteiger partial charge >= 0.3 is 0 Å². The minimum Gasteiger partial charge on any atom is -0.356 e. The molecule has 0 aliphatic carbocycles. The maximum absolute atomic E-state index is 10.8. The molecular formula is C16H25N5O2. The number of hydrogen-bond acceptors (Lipinski definition) is 6.